The molecule has 2 heterocycles. The molecule has 0 N–H and O–H groups in total. The average Bonchev–Trinajstić information content (AvgIpc) is 3.13. The number of hydrogen-bond donors (Lipinski definition) is 0. The molecule has 3 rings (SSSR count). The summed E-state index contributed by atoms with van der Waals surface area (Å²) < 4.78 is 5.44. The summed E-state index contributed by atoms with van der Waals surface area (Å²) in [6, 6.07) is 11.8. The third-order valence-corrected chi connectivity index (χ3v) is 5.34. The molecule has 0 atom stereocenters. The molecule has 0 spiro atoms. The molecule has 0 aliphatic carbocycles. The van der Waals surface area contributed by atoms with Gasteiger partial charge < -0.3 is 9.64 Å². The molecule has 0 saturated carbocycles. The summed E-state index contributed by atoms with van der Waals surface area (Å²) >= 11 is 7.84. The maximum absolute atomic E-state index is 12.8. The second-order valence-electron chi connectivity index (χ2n) is 5.74. The van der Waals surface area contributed by atoms with E-state index in [4.69, 9.17) is 16.3 Å². The van der Waals surface area contributed by atoms with E-state index in [1.54, 1.807) is 23.5 Å². The Labute approximate surface area is 151 Å². The van der Waals surface area contributed by atoms with Crippen LogP contribution in [0.2, 0.25) is 5.02 Å². The number of carbonyl (C=O) groups is 1. The molecule has 1 aromatic heterocycles. The molecule has 0 bridgehead atoms. The van der Waals surface area contributed by atoms with Crippen LogP contribution in [-0.2, 0) is 16.1 Å². The number of nitrogens with zero attached hydrogens (tertiary/aromatic N) is 1. The Kier molecular flexibility index (Phi) is 6.07. The summed E-state index contributed by atoms with van der Waals surface area (Å²) in [4.78, 5) is 16.0. The van der Waals surface area contributed by atoms with E-state index in [2.05, 4.69) is 6.07 Å². The number of thiophene rings is 1. The maximum atomic E-state index is 12.8. The first-order valence-electron chi connectivity index (χ1n) is 8.07. The Hall–Kier alpha value is -1.62. The van der Waals surface area contributed by atoms with Crippen molar-refractivity contribution in [3.05, 3.63) is 63.3 Å². The van der Waals surface area contributed by atoms with E-state index >= 15 is 0 Å². The highest BCUT2D eigenvalue weighted by molar-refractivity contribution is 7.09. The number of amides is 1. The summed E-state index contributed by atoms with van der Waals surface area (Å²) in [5, 5.41) is 2.69. The van der Waals surface area contributed by atoms with Gasteiger partial charge in [0.2, 0.25) is 5.91 Å². The topological polar surface area (TPSA) is 29.5 Å². The van der Waals surface area contributed by atoms with E-state index in [-0.39, 0.29) is 11.9 Å². The molecule has 3 nitrogen and oxygen atoms in total. The number of carbonyl (C=O) groups excluding carboxylic acids is 1. The largest absolute Gasteiger partial charge is 0.381 e. The smallest absolute Gasteiger partial charge is 0.247 e. The molecule has 24 heavy (non-hydrogen) atoms. The molecule has 1 aliphatic rings. The molecule has 1 aliphatic heterocycles. The van der Waals surface area contributed by atoms with E-state index in [0.29, 0.717) is 24.8 Å². The molecule has 0 unspecified atom stereocenters. The summed E-state index contributed by atoms with van der Waals surface area (Å²) in [6.07, 6.45) is 5.20. The minimum atomic E-state index is 0.0234. The first kappa shape index (κ1) is 17.2. The van der Waals surface area contributed by atoms with Gasteiger partial charge in [-0.1, -0.05) is 35.9 Å². The molecule has 1 fully saturated rings. The fourth-order valence-electron chi connectivity index (χ4n) is 2.82. The minimum Gasteiger partial charge on any atom is -0.381 e. The number of rotatable bonds is 5. The third kappa shape index (κ3) is 4.47. The summed E-state index contributed by atoms with van der Waals surface area (Å²) in [7, 11) is 0. The van der Waals surface area contributed by atoms with Gasteiger partial charge >= 0.3 is 0 Å². The summed E-state index contributed by atoms with van der Waals surface area (Å²) in [5.41, 5.74) is 0.857. The molecule has 2 aromatic rings. The molecule has 5 heteroatoms. The van der Waals surface area contributed by atoms with Gasteiger partial charge in [-0.3, -0.25) is 4.79 Å². The normalized spacial score (nSPS) is 15.7. The molecule has 126 valence electrons. The molecule has 0 radical (unpaired) electrons. The summed E-state index contributed by atoms with van der Waals surface area (Å²) in [6.45, 7) is 2.08. The van der Waals surface area contributed by atoms with Gasteiger partial charge in [-0.15, -0.1) is 11.3 Å². The zero-order valence-corrected chi connectivity index (χ0v) is 14.9. The Balaban J connectivity index is 1.76. The van der Waals surface area contributed by atoms with E-state index in [0.717, 1.165) is 18.4 Å². The number of benzene rings is 1. The van der Waals surface area contributed by atoms with Crippen molar-refractivity contribution in [3.8, 4) is 0 Å². The van der Waals surface area contributed by atoms with Crippen LogP contribution < -0.4 is 0 Å². The Morgan fingerprint density at radius 2 is 2.04 bits per heavy atom. The van der Waals surface area contributed by atoms with Crippen LogP contribution >= 0.6 is 22.9 Å². The van der Waals surface area contributed by atoms with Gasteiger partial charge in [0.15, 0.2) is 0 Å². The molecule has 1 saturated heterocycles. The fraction of sp³-hybridized carbons (Fsp3) is 0.316. The minimum absolute atomic E-state index is 0.0234. The van der Waals surface area contributed by atoms with Crippen LogP contribution in [0.25, 0.3) is 6.08 Å². The highest BCUT2D eigenvalue weighted by Gasteiger charge is 2.24. The second-order valence-corrected chi connectivity index (χ2v) is 7.18. The SMILES string of the molecule is O=C(/C=C/c1ccccc1Cl)N(Cc1cccs1)C1CCOCC1. The Bertz CT molecular complexity index is 693. The van der Waals surface area contributed by atoms with Crippen molar-refractivity contribution in [2.24, 2.45) is 0 Å². The van der Waals surface area contributed by atoms with E-state index in [1.807, 2.05) is 40.6 Å². The van der Waals surface area contributed by atoms with Gasteiger partial charge in [-0.05, 0) is 42.0 Å². The molecular formula is C19H20ClNO2S. The van der Waals surface area contributed by atoms with E-state index in [1.165, 1.54) is 4.88 Å². The second kappa shape index (κ2) is 8.47. The van der Waals surface area contributed by atoms with Crippen LogP contribution in [0.4, 0.5) is 0 Å². The number of ether oxygens (including phenoxy) is 1. The van der Waals surface area contributed by atoms with Crippen LogP contribution in [0.15, 0.2) is 47.9 Å². The lowest BCUT2D eigenvalue weighted by Gasteiger charge is -2.33. The third-order valence-electron chi connectivity index (χ3n) is 4.13. The van der Waals surface area contributed by atoms with Gasteiger partial charge in [-0.2, -0.15) is 0 Å². The van der Waals surface area contributed by atoms with Crippen LogP contribution in [0.1, 0.15) is 23.3 Å². The van der Waals surface area contributed by atoms with Crippen molar-refractivity contribution in [1.82, 2.24) is 4.90 Å². The highest BCUT2D eigenvalue weighted by atomic mass is 35.5. The van der Waals surface area contributed by atoms with Crippen molar-refractivity contribution in [3.63, 3.8) is 0 Å². The Morgan fingerprint density at radius 3 is 2.75 bits per heavy atom. The van der Waals surface area contributed by atoms with Gasteiger partial charge in [0.05, 0.1) is 6.54 Å². The van der Waals surface area contributed by atoms with E-state index < -0.39 is 0 Å². The van der Waals surface area contributed by atoms with Crippen molar-refractivity contribution in [2.45, 2.75) is 25.4 Å². The van der Waals surface area contributed by atoms with Gasteiger partial charge in [-0.25, -0.2) is 0 Å². The standard InChI is InChI=1S/C19H20ClNO2S/c20-18-6-2-1-4-15(18)7-8-19(22)21(14-17-5-3-13-24-17)16-9-11-23-12-10-16/h1-8,13,16H,9-12,14H2/b8-7+. The van der Waals surface area contributed by atoms with Crippen LogP contribution in [0.5, 0.6) is 0 Å². The van der Waals surface area contributed by atoms with Crippen molar-refractivity contribution >= 4 is 34.9 Å². The lowest BCUT2D eigenvalue weighted by atomic mass is 10.1. The predicted molar refractivity (Wildman–Crippen MR) is 99.2 cm³/mol. The van der Waals surface area contributed by atoms with Crippen molar-refractivity contribution < 1.29 is 9.53 Å². The number of hydrogen-bond acceptors (Lipinski definition) is 3. The summed E-state index contributed by atoms with van der Waals surface area (Å²) in [5.74, 6) is 0.0234. The lowest BCUT2D eigenvalue weighted by Crippen LogP contribution is -2.42. The zero-order valence-electron chi connectivity index (χ0n) is 13.4. The highest BCUT2D eigenvalue weighted by Crippen LogP contribution is 2.21. The first-order valence-corrected chi connectivity index (χ1v) is 9.33. The fourth-order valence-corrected chi connectivity index (χ4v) is 3.72. The lowest BCUT2D eigenvalue weighted by molar-refractivity contribution is -0.130. The van der Waals surface area contributed by atoms with Crippen molar-refractivity contribution in [1.29, 1.82) is 0 Å². The average molecular weight is 362 g/mol. The zero-order chi connectivity index (χ0) is 16.8. The van der Waals surface area contributed by atoms with Crippen molar-refractivity contribution in [2.75, 3.05) is 13.2 Å². The van der Waals surface area contributed by atoms with E-state index in [9.17, 15) is 4.79 Å². The Morgan fingerprint density at radius 1 is 1.25 bits per heavy atom. The predicted octanol–water partition coefficient (Wildman–Crippen LogP) is 4.62. The first-order chi connectivity index (χ1) is 11.7. The molecule has 1 amide bonds. The quantitative estimate of drug-likeness (QED) is 0.727. The molecular weight excluding hydrogens is 342 g/mol. The van der Waals surface area contributed by atoms with Crippen LogP contribution in [0.3, 0.4) is 0 Å². The van der Waals surface area contributed by atoms with Gasteiger partial charge in [0, 0.05) is 35.2 Å². The number of halogens is 1. The van der Waals surface area contributed by atoms with Crippen LogP contribution in [-0.4, -0.2) is 30.1 Å². The monoisotopic (exact) mass is 361 g/mol. The maximum Gasteiger partial charge on any atom is 0.247 e. The van der Waals surface area contributed by atoms with Gasteiger partial charge in [0.25, 0.3) is 0 Å². The molecule has 1 aromatic carbocycles. The van der Waals surface area contributed by atoms with Gasteiger partial charge in [0.1, 0.15) is 0 Å². The van der Waals surface area contributed by atoms with Crippen LogP contribution in [0, 0.1) is 0 Å².